The Kier molecular flexibility index (Phi) is 14.9. The maximum atomic E-state index is 6.29. The Hall–Kier alpha value is -9.70. The predicted molar refractivity (Wildman–Crippen MR) is 362 cm³/mol. The molecule has 12 aromatic rings. The Morgan fingerprint density at radius 1 is 0.471 bits per heavy atom. The molecule has 0 amide bonds. The number of ether oxygens (including phenoxy) is 1. The van der Waals surface area contributed by atoms with E-state index < -0.39 is 0 Å². The van der Waals surface area contributed by atoms with Gasteiger partial charge in [0, 0.05) is 38.9 Å². The van der Waals surface area contributed by atoms with E-state index in [1.807, 2.05) is 24.3 Å². The molecule has 0 saturated carbocycles. The Morgan fingerprint density at radius 3 is 1.53 bits per heavy atom. The average molecular weight is 1100 g/mol. The summed E-state index contributed by atoms with van der Waals surface area (Å²) in [4.78, 5) is 2.46. The fourth-order valence-corrected chi connectivity index (χ4v) is 13.1. The highest BCUT2D eigenvalue weighted by Gasteiger charge is 2.44. The Bertz CT molecular complexity index is 4340. The Labute approximate surface area is 502 Å². The normalized spacial score (nSPS) is 14.0. The third kappa shape index (κ3) is 10.6. The molecular formula is C82H72N2O. The minimum absolute atomic E-state index is 0.0836. The molecule has 13 rings (SSSR count). The summed E-state index contributed by atoms with van der Waals surface area (Å²) >= 11 is 0. The summed E-state index contributed by atoms with van der Waals surface area (Å²) < 4.78 is 8.69. The lowest BCUT2D eigenvalue weighted by molar-refractivity contribution is 0.248. The van der Waals surface area contributed by atoms with E-state index in [0.717, 1.165) is 70.9 Å². The van der Waals surface area contributed by atoms with Crippen LogP contribution in [0, 0.1) is 5.92 Å². The molecule has 1 aliphatic rings. The quantitative estimate of drug-likeness (QED) is 0.0797. The van der Waals surface area contributed by atoms with Crippen LogP contribution in [0.5, 0.6) is 5.75 Å². The van der Waals surface area contributed by atoms with Crippen molar-refractivity contribution in [1.82, 2.24) is 4.57 Å². The molecule has 3 heteroatoms. The molecule has 0 aliphatic heterocycles. The monoisotopic (exact) mass is 1100 g/mol. The first-order valence-corrected chi connectivity index (χ1v) is 30.2. The van der Waals surface area contributed by atoms with Crippen molar-refractivity contribution >= 4 is 51.0 Å². The van der Waals surface area contributed by atoms with Gasteiger partial charge in [0.05, 0.1) is 17.6 Å². The molecule has 0 saturated heterocycles. The van der Waals surface area contributed by atoms with Crippen molar-refractivity contribution in [3.8, 4) is 55.9 Å². The first kappa shape index (κ1) is 54.5. The molecule has 85 heavy (non-hydrogen) atoms. The van der Waals surface area contributed by atoms with E-state index in [2.05, 4.69) is 299 Å². The number of rotatable bonds is 18. The van der Waals surface area contributed by atoms with Crippen molar-refractivity contribution in [1.29, 1.82) is 0 Å². The fourth-order valence-electron chi connectivity index (χ4n) is 13.1. The highest BCUT2D eigenvalue weighted by Crippen LogP contribution is 2.56. The second-order valence-electron chi connectivity index (χ2n) is 24.2. The second kappa shape index (κ2) is 23.2. The summed E-state index contributed by atoms with van der Waals surface area (Å²) in [6.07, 6.45) is 8.00. The zero-order valence-corrected chi connectivity index (χ0v) is 49.3. The van der Waals surface area contributed by atoms with Gasteiger partial charge >= 0.3 is 0 Å². The van der Waals surface area contributed by atoms with Gasteiger partial charge in [-0.05, 0) is 187 Å². The fraction of sp³-hybridized carbons (Fsp3) is 0.146. The van der Waals surface area contributed by atoms with E-state index in [9.17, 15) is 0 Å². The van der Waals surface area contributed by atoms with Gasteiger partial charge in [-0.2, -0.15) is 0 Å². The maximum Gasteiger partial charge on any atom is 0.119 e. The SMILES string of the molecule is C=Cc1ccc(OCC(C)CCCCC2(c3ccccc3)c3ccccc3-c3ccc(N(c4ccc(-c5ccc(C(C)(C)C)cc5)cc4)c4ccc(-c5ccc6c(c5)c5cc(-c7ccc(C=C)cc7)ccc5n6-c5ccccc5)cc4)cc32)cc1. The number of anilines is 3. The second-order valence-corrected chi connectivity index (χ2v) is 24.2. The number of nitrogens with zero attached hydrogens (tertiary/aromatic N) is 2. The lowest BCUT2D eigenvalue weighted by Gasteiger charge is -2.34. The maximum absolute atomic E-state index is 6.29. The molecule has 0 N–H and O–H groups in total. The highest BCUT2D eigenvalue weighted by molar-refractivity contribution is 6.11. The third-order valence-electron chi connectivity index (χ3n) is 17.7. The molecule has 0 fully saturated rings. The number of para-hydroxylation sites is 1. The van der Waals surface area contributed by atoms with Crippen LogP contribution in [0.15, 0.2) is 274 Å². The number of aromatic nitrogens is 1. The van der Waals surface area contributed by atoms with E-state index in [4.69, 9.17) is 4.74 Å². The summed E-state index contributed by atoms with van der Waals surface area (Å²) in [6.45, 7) is 17.7. The number of hydrogen-bond acceptors (Lipinski definition) is 2. The van der Waals surface area contributed by atoms with E-state index in [-0.39, 0.29) is 10.8 Å². The van der Waals surface area contributed by atoms with Crippen LogP contribution in [-0.2, 0) is 10.8 Å². The molecule has 0 spiro atoms. The van der Waals surface area contributed by atoms with Crippen LogP contribution in [0.25, 0.3) is 84.2 Å². The molecule has 1 heterocycles. The molecule has 1 aliphatic carbocycles. The zero-order chi connectivity index (χ0) is 58.1. The topological polar surface area (TPSA) is 17.4 Å². The van der Waals surface area contributed by atoms with Crippen LogP contribution >= 0.6 is 0 Å². The van der Waals surface area contributed by atoms with Gasteiger partial charge in [-0.3, -0.25) is 0 Å². The standard InChI is InChI=1S/C82H72N2O/c1-7-58-26-30-62(31-27-58)64-38-50-79-75(53-64)76-54-65(39-51-80(76)84(79)68-22-13-10-14-23-68)63-36-44-70(45-37-63)83(69-42-34-61(35-43-69)60-32-40-66(41-33-60)81(4,5)6)71-46-49-74-73-24-15-16-25-77(73)82(78(74)55-71,67-20-11-9-12-21-67)52-18-17-19-57(3)56-85-72-47-28-59(8-2)29-48-72/h7-16,20-51,53-55,57H,1-2,17-19,52,56H2,3-6H3. The van der Waals surface area contributed by atoms with Crippen molar-refractivity contribution < 1.29 is 4.74 Å². The Morgan fingerprint density at radius 2 is 0.953 bits per heavy atom. The molecule has 0 radical (unpaired) electrons. The van der Waals surface area contributed by atoms with Crippen LogP contribution in [0.4, 0.5) is 17.1 Å². The predicted octanol–water partition coefficient (Wildman–Crippen LogP) is 22.4. The van der Waals surface area contributed by atoms with E-state index in [1.54, 1.807) is 0 Å². The van der Waals surface area contributed by atoms with Crippen LogP contribution in [0.3, 0.4) is 0 Å². The zero-order valence-electron chi connectivity index (χ0n) is 49.3. The van der Waals surface area contributed by atoms with Gasteiger partial charge in [0.25, 0.3) is 0 Å². The van der Waals surface area contributed by atoms with Crippen molar-refractivity contribution in [3.05, 3.63) is 307 Å². The van der Waals surface area contributed by atoms with E-state index in [0.29, 0.717) is 12.5 Å². The summed E-state index contributed by atoms with van der Waals surface area (Å²) in [5.41, 5.74) is 23.9. The molecule has 2 unspecified atom stereocenters. The van der Waals surface area contributed by atoms with Gasteiger partial charge in [0.15, 0.2) is 0 Å². The molecule has 0 bridgehead atoms. The van der Waals surface area contributed by atoms with Crippen molar-refractivity contribution in [3.63, 3.8) is 0 Å². The Balaban J connectivity index is 0.883. The number of hydrogen-bond donors (Lipinski definition) is 0. The molecular weight excluding hydrogens is 1030 g/mol. The molecule has 11 aromatic carbocycles. The molecule has 3 nitrogen and oxygen atoms in total. The number of benzene rings is 11. The van der Waals surface area contributed by atoms with E-state index in [1.165, 1.54) is 83.0 Å². The van der Waals surface area contributed by atoms with Crippen molar-refractivity contribution in [2.45, 2.75) is 64.2 Å². The van der Waals surface area contributed by atoms with E-state index >= 15 is 0 Å². The third-order valence-corrected chi connectivity index (χ3v) is 17.7. The van der Waals surface area contributed by atoms with Crippen molar-refractivity contribution in [2.75, 3.05) is 11.5 Å². The van der Waals surface area contributed by atoms with Gasteiger partial charge < -0.3 is 14.2 Å². The van der Waals surface area contributed by atoms with Crippen LogP contribution in [-0.4, -0.2) is 11.2 Å². The molecule has 2 atom stereocenters. The van der Waals surface area contributed by atoms with Crippen molar-refractivity contribution in [2.24, 2.45) is 5.92 Å². The van der Waals surface area contributed by atoms with Gasteiger partial charge in [-0.25, -0.2) is 0 Å². The average Bonchev–Trinajstić information content (AvgIpc) is 1.91. The summed E-state index contributed by atoms with van der Waals surface area (Å²) in [6, 6.07) is 96.7. The van der Waals surface area contributed by atoms with Gasteiger partial charge in [0.1, 0.15) is 5.75 Å². The number of unbranched alkanes of at least 4 members (excludes halogenated alkanes) is 1. The van der Waals surface area contributed by atoms with Gasteiger partial charge in [0.2, 0.25) is 0 Å². The highest BCUT2D eigenvalue weighted by atomic mass is 16.5. The first-order chi connectivity index (χ1) is 41.6. The van der Waals surface area contributed by atoms with Gasteiger partial charge in [-0.15, -0.1) is 0 Å². The van der Waals surface area contributed by atoms with Crippen LogP contribution < -0.4 is 9.64 Å². The molecule has 1 aromatic heterocycles. The number of fused-ring (bicyclic) bond motifs is 6. The van der Waals surface area contributed by atoms with Crippen LogP contribution in [0.1, 0.15) is 86.8 Å². The largest absolute Gasteiger partial charge is 0.493 e. The molecule has 416 valence electrons. The lowest BCUT2D eigenvalue weighted by Crippen LogP contribution is -2.27. The smallest absolute Gasteiger partial charge is 0.119 e. The van der Waals surface area contributed by atoms with Gasteiger partial charge in [-0.1, -0.05) is 242 Å². The minimum Gasteiger partial charge on any atom is -0.493 e. The summed E-state index contributed by atoms with van der Waals surface area (Å²) in [5, 5.41) is 2.44. The lowest BCUT2D eigenvalue weighted by atomic mass is 9.69. The van der Waals surface area contributed by atoms with Crippen LogP contribution in [0.2, 0.25) is 0 Å². The summed E-state index contributed by atoms with van der Waals surface area (Å²) in [7, 11) is 0. The first-order valence-electron chi connectivity index (χ1n) is 30.2. The summed E-state index contributed by atoms with van der Waals surface area (Å²) in [5.74, 6) is 1.32. The minimum atomic E-state index is -0.354.